The predicted molar refractivity (Wildman–Crippen MR) is 88.7 cm³/mol. The molecule has 0 aliphatic heterocycles. The number of aromatic amines is 1. The third-order valence-corrected chi connectivity index (χ3v) is 3.33. The number of nitrogens with one attached hydrogen (secondary N) is 2. The summed E-state index contributed by atoms with van der Waals surface area (Å²) in [6.45, 7) is 4.15. The molecule has 2 N–H and O–H groups in total. The zero-order valence-electron chi connectivity index (χ0n) is 13.5. The monoisotopic (exact) mass is 327 g/mol. The number of aromatic nitrogens is 4. The van der Waals surface area contributed by atoms with Crippen LogP contribution in [0.1, 0.15) is 24.1 Å². The van der Waals surface area contributed by atoms with Crippen LogP contribution >= 0.6 is 0 Å². The third-order valence-electron chi connectivity index (χ3n) is 3.33. The number of H-pyrrole nitrogens is 1. The topological polar surface area (TPSA) is 75.7 Å². The van der Waals surface area contributed by atoms with Crippen molar-refractivity contribution in [2.45, 2.75) is 26.9 Å². The van der Waals surface area contributed by atoms with E-state index in [4.69, 9.17) is 4.74 Å². The lowest BCUT2D eigenvalue weighted by atomic mass is 10.3. The number of aryl methyl sites for hydroxylation is 2. The SMILES string of the molecule is CCc1cc(Nc2cc(C)[nH]n2)nc(COc2ccc(F)cc2)n1. The summed E-state index contributed by atoms with van der Waals surface area (Å²) in [6.07, 6.45) is 0.778. The van der Waals surface area contributed by atoms with Crippen molar-refractivity contribution in [1.29, 1.82) is 0 Å². The van der Waals surface area contributed by atoms with Crippen LogP contribution in [0.3, 0.4) is 0 Å². The predicted octanol–water partition coefficient (Wildman–Crippen LogP) is 3.53. The molecule has 2 heterocycles. The Bertz CT molecular complexity index is 816. The molecular formula is C17H18FN5O. The minimum absolute atomic E-state index is 0.202. The molecule has 0 radical (unpaired) electrons. The maximum absolute atomic E-state index is 12.9. The Balaban J connectivity index is 1.74. The summed E-state index contributed by atoms with van der Waals surface area (Å²) in [6, 6.07) is 9.63. The summed E-state index contributed by atoms with van der Waals surface area (Å²) in [5, 5.41) is 10.2. The second-order valence-electron chi connectivity index (χ2n) is 5.32. The van der Waals surface area contributed by atoms with Gasteiger partial charge in [-0.3, -0.25) is 5.10 Å². The Kier molecular flexibility index (Phi) is 4.69. The van der Waals surface area contributed by atoms with Crippen LogP contribution in [-0.4, -0.2) is 20.2 Å². The third kappa shape index (κ3) is 4.07. The molecule has 6 nitrogen and oxygen atoms in total. The molecule has 3 rings (SSSR count). The lowest BCUT2D eigenvalue weighted by Crippen LogP contribution is -2.06. The normalized spacial score (nSPS) is 10.6. The van der Waals surface area contributed by atoms with Crippen LogP contribution in [0.4, 0.5) is 16.0 Å². The first-order valence-corrected chi connectivity index (χ1v) is 7.66. The summed E-state index contributed by atoms with van der Waals surface area (Å²) in [7, 11) is 0. The second kappa shape index (κ2) is 7.08. The van der Waals surface area contributed by atoms with E-state index in [0.717, 1.165) is 17.8 Å². The molecule has 7 heteroatoms. The highest BCUT2D eigenvalue weighted by Crippen LogP contribution is 2.16. The van der Waals surface area contributed by atoms with Gasteiger partial charge in [-0.15, -0.1) is 0 Å². The maximum Gasteiger partial charge on any atom is 0.168 e. The van der Waals surface area contributed by atoms with Gasteiger partial charge in [-0.1, -0.05) is 6.92 Å². The Hall–Kier alpha value is -2.96. The Morgan fingerprint density at radius 2 is 1.92 bits per heavy atom. The first-order chi connectivity index (χ1) is 11.6. The number of ether oxygens (including phenoxy) is 1. The van der Waals surface area contributed by atoms with Crippen molar-refractivity contribution in [1.82, 2.24) is 20.2 Å². The molecule has 0 amide bonds. The standard InChI is InChI=1S/C17H18FN5O/c1-3-13-9-15(20-16-8-11(2)22-23-16)21-17(19-13)10-24-14-6-4-12(18)5-7-14/h4-9H,3,10H2,1-2H3,(H2,19,20,21,22,23). The molecule has 0 atom stereocenters. The van der Waals surface area contributed by atoms with Crippen LogP contribution < -0.4 is 10.1 Å². The lowest BCUT2D eigenvalue weighted by Gasteiger charge is -2.09. The molecule has 3 aromatic rings. The van der Waals surface area contributed by atoms with Gasteiger partial charge in [-0.25, -0.2) is 14.4 Å². The molecule has 0 aliphatic carbocycles. The number of hydrogen-bond donors (Lipinski definition) is 2. The highest BCUT2D eigenvalue weighted by molar-refractivity contribution is 5.52. The maximum atomic E-state index is 12.9. The number of nitrogens with zero attached hydrogens (tertiary/aromatic N) is 3. The number of halogens is 1. The first-order valence-electron chi connectivity index (χ1n) is 7.66. The molecule has 0 spiro atoms. The molecule has 0 saturated heterocycles. The van der Waals surface area contributed by atoms with Crippen LogP contribution in [0, 0.1) is 12.7 Å². The van der Waals surface area contributed by atoms with Gasteiger partial charge in [0.15, 0.2) is 11.6 Å². The summed E-state index contributed by atoms with van der Waals surface area (Å²) in [5.41, 5.74) is 1.86. The van der Waals surface area contributed by atoms with Crippen molar-refractivity contribution in [3.05, 3.63) is 59.4 Å². The Labute approximate surface area is 139 Å². The minimum Gasteiger partial charge on any atom is -0.486 e. The fourth-order valence-corrected chi connectivity index (χ4v) is 2.15. The Morgan fingerprint density at radius 1 is 1.12 bits per heavy atom. The quantitative estimate of drug-likeness (QED) is 0.724. The summed E-state index contributed by atoms with van der Waals surface area (Å²) >= 11 is 0. The second-order valence-corrected chi connectivity index (χ2v) is 5.32. The first kappa shape index (κ1) is 15.9. The van der Waals surface area contributed by atoms with Gasteiger partial charge in [0, 0.05) is 23.5 Å². The van der Waals surface area contributed by atoms with Gasteiger partial charge in [0.25, 0.3) is 0 Å². The summed E-state index contributed by atoms with van der Waals surface area (Å²) in [5.74, 6) is 2.17. The zero-order chi connectivity index (χ0) is 16.9. The van der Waals surface area contributed by atoms with E-state index >= 15 is 0 Å². The molecule has 0 bridgehead atoms. The largest absolute Gasteiger partial charge is 0.486 e. The van der Waals surface area contributed by atoms with Crippen LogP contribution in [0.5, 0.6) is 5.75 Å². The molecule has 0 unspecified atom stereocenters. The Morgan fingerprint density at radius 3 is 2.58 bits per heavy atom. The zero-order valence-corrected chi connectivity index (χ0v) is 13.5. The highest BCUT2D eigenvalue weighted by Gasteiger charge is 2.07. The van der Waals surface area contributed by atoms with Gasteiger partial charge in [0.2, 0.25) is 0 Å². The molecule has 0 saturated carbocycles. The average molecular weight is 327 g/mol. The van der Waals surface area contributed by atoms with Crippen molar-refractivity contribution in [2.24, 2.45) is 0 Å². The molecule has 24 heavy (non-hydrogen) atoms. The fraction of sp³-hybridized carbons (Fsp3) is 0.235. The number of benzene rings is 1. The summed E-state index contributed by atoms with van der Waals surface area (Å²) in [4.78, 5) is 8.90. The summed E-state index contributed by atoms with van der Waals surface area (Å²) < 4.78 is 18.5. The van der Waals surface area contributed by atoms with Gasteiger partial charge in [-0.05, 0) is 37.6 Å². The van der Waals surface area contributed by atoms with Crippen LogP contribution in [0.15, 0.2) is 36.4 Å². The van der Waals surface area contributed by atoms with Crippen LogP contribution in [-0.2, 0) is 13.0 Å². The van der Waals surface area contributed by atoms with E-state index in [1.165, 1.54) is 12.1 Å². The van der Waals surface area contributed by atoms with Crippen molar-refractivity contribution in [3.8, 4) is 5.75 Å². The number of rotatable bonds is 6. The molecule has 2 aromatic heterocycles. The minimum atomic E-state index is -0.299. The molecule has 1 aromatic carbocycles. The van der Waals surface area contributed by atoms with E-state index in [0.29, 0.717) is 23.2 Å². The van der Waals surface area contributed by atoms with Crippen molar-refractivity contribution < 1.29 is 9.13 Å². The molecule has 0 fully saturated rings. The average Bonchev–Trinajstić information content (AvgIpc) is 2.99. The lowest BCUT2D eigenvalue weighted by molar-refractivity contribution is 0.295. The van der Waals surface area contributed by atoms with E-state index in [2.05, 4.69) is 25.5 Å². The molecule has 124 valence electrons. The molecular weight excluding hydrogens is 309 g/mol. The van der Waals surface area contributed by atoms with Crippen LogP contribution in [0.25, 0.3) is 0 Å². The van der Waals surface area contributed by atoms with Crippen molar-refractivity contribution >= 4 is 11.6 Å². The smallest absolute Gasteiger partial charge is 0.168 e. The van der Waals surface area contributed by atoms with E-state index in [-0.39, 0.29) is 12.4 Å². The van der Waals surface area contributed by atoms with E-state index in [1.54, 1.807) is 12.1 Å². The van der Waals surface area contributed by atoms with Gasteiger partial charge < -0.3 is 10.1 Å². The number of anilines is 2. The number of hydrogen-bond acceptors (Lipinski definition) is 5. The van der Waals surface area contributed by atoms with Crippen molar-refractivity contribution in [3.63, 3.8) is 0 Å². The highest BCUT2D eigenvalue weighted by atomic mass is 19.1. The van der Waals surface area contributed by atoms with Gasteiger partial charge in [-0.2, -0.15) is 5.10 Å². The van der Waals surface area contributed by atoms with Gasteiger partial charge in [0.1, 0.15) is 24.0 Å². The van der Waals surface area contributed by atoms with Crippen molar-refractivity contribution in [2.75, 3.05) is 5.32 Å². The fourth-order valence-electron chi connectivity index (χ4n) is 2.15. The van der Waals surface area contributed by atoms with E-state index in [1.807, 2.05) is 26.0 Å². The van der Waals surface area contributed by atoms with Gasteiger partial charge in [0.05, 0.1) is 0 Å². The molecule has 0 aliphatic rings. The van der Waals surface area contributed by atoms with Crippen LogP contribution in [0.2, 0.25) is 0 Å². The van der Waals surface area contributed by atoms with Gasteiger partial charge >= 0.3 is 0 Å². The van der Waals surface area contributed by atoms with E-state index < -0.39 is 0 Å². The van der Waals surface area contributed by atoms with E-state index in [9.17, 15) is 4.39 Å².